The van der Waals surface area contributed by atoms with E-state index in [1.807, 2.05) is 0 Å². The van der Waals surface area contributed by atoms with E-state index in [0.29, 0.717) is 5.54 Å². The van der Waals surface area contributed by atoms with E-state index >= 15 is 0 Å². The highest BCUT2D eigenvalue weighted by atomic mass is 127. The summed E-state index contributed by atoms with van der Waals surface area (Å²) in [5.74, 6) is 0. The van der Waals surface area contributed by atoms with Crippen molar-refractivity contribution >= 4 is 22.6 Å². The van der Waals surface area contributed by atoms with Crippen molar-refractivity contribution in [2.45, 2.75) is 35.3 Å². The molecule has 1 unspecified atom stereocenters. The minimum Gasteiger partial charge on any atom is -0.300 e. The molecule has 1 heterocycles. The Morgan fingerprint density at radius 2 is 2.12 bits per heavy atom. The van der Waals surface area contributed by atoms with E-state index in [4.69, 9.17) is 0 Å². The maximum Gasteiger partial charge on any atom is 0.0598 e. The number of nitrogens with one attached hydrogen (secondary N) is 1. The predicted octanol–water partition coefficient (Wildman–Crippen LogP) is 1.66. The summed E-state index contributed by atoms with van der Waals surface area (Å²) in [5.41, 5.74) is 0.659. The van der Waals surface area contributed by atoms with Gasteiger partial charge < -0.3 is 0 Å². The molecule has 8 heavy (non-hydrogen) atoms. The highest BCUT2D eigenvalue weighted by Gasteiger charge is 2.46. The van der Waals surface area contributed by atoms with Crippen LogP contribution in [-0.2, 0) is 0 Å². The first-order valence-corrected chi connectivity index (χ1v) is 4.47. The second-order valence-electron chi connectivity index (χ2n) is 2.93. The second kappa shape index (κ2) is 1.59. The summed E-state index contributed by atoms with van der Waals surface area (Å²) in [6, 6.07) is 0. The van der Waals surface area contributed by atoms with Gasteiger partial charge in [-0.3, -0.25) is 5.32 Å². The largest absolute Gasteiger partial charge is 0.300 e. The van der Waals surface area contributed by atoms with Crippen LogP contribution in [0.15, 0.2) is 0 Å². The van der Waals surface area contributed by atoms with Crippen molar-refractivity contribution < 1.29 is 0 Å². The molecule has 0 aromatic heterocycles. The van der Waals surface area contributed by atoms with Gasteiger partial charge in [-0.05, 0) is 25.7 Å². The maximum atomic E-state index is 3.59. The van der Waals surface area contributed by atoms with Crippen LogP contribution in [0.5, 0.6) is 0 Å². The highest BCUT2D eigenvalue weighted by molar-refractivity contribution is 14.1. The molecular formula is C6H10IN. The average molecular weight is 223 g/mol. The number of halogens is 1. The van der Waals surface area contributed by atoms with E-state index in [1.165, 1.54) is 25.7 Å². The summed E-state index contributed by atoms with van der Waals surface area (Å²) in [7, 11) is 0. The number of hydrogen-bond acceptors (Lipinski definition) is 1. The Morgan fingerprint density at radius 3 is 2.38 bits per heavy atom. The first-order valence-electron chi connectivity index (χ1n) is 3.23. The number of hydrogen-bond donors (Lipinski definition) is 1. The van der Waals surface area contributed by atoms with Gasteiger partial charge in [-0.1, -0.05) is 22.6 Å². The fourth-order valence-electron chi connectivity index (χ4n) is 1.42. The molecular weight excluding hydrogens is 213 g/mol. The smallest absolute Gasteiger partial charge is 0.0598 e. The maximum absolute atomic E-state index is 3.59. The van der Waals surface area contributed by atoms with E-state index < -0.39 is 0 Å². The quantitative estimate of drug-likeness (QED) is 0.374. The summed E-state index contributed by atoms with van der Waals surface area (Å²) in [6.07, 6.45) is 5.69. The summed E-state index contributed by atoms with van der Waals surface area (Å²) >= 11 is 2.49. The minimum absolute atomic E-state index is 0.659. The second-order valence-corrected chi connectivity index (χ2v) is 4.43. The molecule has 1 nitrogen and oxygen atoms in total. The van der Waals surface area contributed by atoms with Crippen molar-refractivity contribution in [3.05, 3.63) is 0 Å². The fourth-order valence-corrected chi connectivity index (χ4v) is 2.40. The Kier molecular flexibility index (Phi) is 1.09. The van der Waals surface area contributed by atoms with Crippen molar-refractivity contribution in [3.8, 4) is 0 Å². The third-order valence-corrected chi connectivity index (χ3v) is 3.13. The molecule has 1 atom stereocenters. The molecule has 1 N–H and O–H groups in total. The lowest BCUT2D eigenvalue weighted by molar-refractivity contribution is 0.596. The van der Waals surface area contributed by atoms with Gasteiger partial charge in [-0.2, -0.15) is 0 Å². The van der Waals surface area contributed by atoms with E-state index in [2.05, 4.69) is 27.9 Å². The number of alkyl halides is 1. The Labute approximate surface area is 63.4 Å². The van der Waals surface area contributed by atoms with Gasteiger partial charge in [0, 0.05) is 5.54 Å². The predicted molar refractivity (Wildman–Crippen MR) is 42.1 cm³/mol. The molecule has 2 rings (SSSR count). The molecule has 46 valence electrons. The van der Waals surface area contributed by atoms with Gasteiger partial charge in [0.05, 0.1) is 4.05 Å². The first kappa shape index (κ1) is 5.47. The van der Waals surface area contributed by atoms with Gasteiger partial charge in [0.1, 0.15) is 0 Å². The fraction of sp³-hybridized carbons (Fsp3) is 1.00. The zero-order chi connectivity index (χ0) is 5.61. The van der Waals surface area contributed by atoms with Crippen LogP contribution >= 0.6 is 22.6 Å². The Hall–Kier alpha value is 0.690. The third kappa shape index (κ3) is 0.778. The molecule has 0 amide bonds. The average Bonchev–Trinajstić information content (AvgIpc) is 2.34. The molecule has 1 spiro atoms. The lowest BCUT2D eigenvalue weighted by Gasteiger charge is -2.04. The molecule has 2 heteroatoms. The Morgan fingerprint density at radius 1 is 1.38 bits per heavy atom. The standard InChI is InChI=1S/C6H10IN/c7-5-1-2-6(8-5)3-4-6/h5,8H,1-4H2. The van der Waals surface area contributed by atoms with Crippen molar-refractivity contribution in [1.29, 1.82) is 0 Å². The summed E-state index contributed by atoms with van der Waals surface area (Å²) < 4.78 is 0.773. The van der Waals surface area contributed by atoms with Gasteiger partial charge in [-0.15, -0.1) is 0 Å². The van der Waals surface area contributed by atoms with Gasteiger partial charge in [0.15, 0.2) is 0 Å². The molecule has 1 saturated carbocycles. The van der Waals surface area contributed by atoms with Gasteiger partial charge in [0.2, 0.25) is 0 Å². The minimum atomic E-state index is 0.659. The van der Waals surface area contributed by atoms with Crippen LogP contribution in [0.1, 0.15) is 25.7 Å². The highest BCUT2D eigenvalue weighted by Crippen LogP contribution is 2.45. The molecule has 2 fully saturated rings. The molecule has 1 aliphatic carbocycles. The van der Waals surface area contributed by atoms with Crippen LogP contribution in [0, 0.1) is 0 Å². The molecule has 1 aliphatic heterocycles. The van der Waals surface area contributed by atoms with E-state index in [1.54, 1.807) is 0 Å². The Balaban J connectivity index is 2.03. The molecule has 0 aromatic carbocycles. The molecule has 0 aromatic rings. The molecule has 0 bridgehead atoms. The van der Waals surface area contributed by atoms with Crippen LogP contribution in [0.3, 0.4) is 0 Å². The first-order chi connectivity index (χ1) is 3.81. The van der Waals surface area contributed by atoms with Crippen LogP contribution < -0.4 is 5.32 Å². The van der Waals surface area contributed by atoms with E-state index in [-0.39, 0.29) is 0 Å². The number of rotatable bonds is 0. The summed E-state index contributed by atoms with van der Waals surface area (Å²) in [4.78, 5) is 0. The zero-order valence-corrected chi connectivity index (χ0v) is 6.94. The summed E-state index contributed by atoms with van der Waals surface area (Å²) in [6.45, 7) is 0. The monoisotopic (exact) mass is 223 g/mol. The third-order valence-electron chi connectivity index (χ3n) is 2.19. The van der Waals surface area contributed by atoms with Crippen LogP contribution in [0.25, 0.3) is 0 Å². The van der Waals surface area contributed by atoms with Crippen LogP contribution in [0.4, 0.5) is 0 Å². The van der Waals surface area contributed by atoms with E-state index in [9.17, 15) is 0 Å². The van der Waals surface area contributed by atoms with E-state index in [0.717, 1.165) is 4.05 Å². The van der Waals surface area contributed by atoms with Crippen LogP contribution in [0.2, 0.25) is 0 Å². The van der Waals surface area contributed by atoms with Gasteiger partial charge >= 0.3 is 0 Å². The van der Waals surface area contributed by atoms with Crippen molar-refractivity contribution in [1.82, 2.24) is 5.32 Å². The molecule has 1 saturated heterocycles. The molecule has 0 radical (unpaired) electrons. The summed E-state index contributed by atoms with van der Waals surface area (Å²) in [5, 5.41) is 3.59. The Bertz CT molecular complexity index is 109. The lowest BCUT2D eigenvalue weighted by atomic mass is 10.2. The van der Waals surface area contributed by atoms with Gasteiger partial charge in [0.25, 0.3) is 0 Å². The van der Waals surface area contributed by atoms with Gasteiger partial charge in [-0.25, -0.2) is 0 Å². The topological polar surface area (TPSA) is 12.0 Å². The normalized spacial score (nSPS) is 40.9. The lowest BCUT2D eigenvalue weighted by Crippen LogP contribution is -2.26. The molecule has 2 aliphatic rings. The zero-order valence-electron chi connectivity index (χ0n) is 4.78. The SMILES string of the molecule is IC1CCC2(CC2)N1. The van der Waals surface area contributed by atoms with Crippen molar-refractivity contribution in [3.63, 3.8) is 0 Å². The van der Waals surface area contributed by atoms with Crippen LogP contribution in [-0.4, -0.2) is 9.59 Å². The van der Waals surface area contributed by atoms with Crippen molar-refractivity contribution in [2.75, 3.05) is 0 Å². The van der Waals surface area contributed by atoms with Crippen molar-refractivity contribution in [2.24, 2.45) is 0 Å².